The van der Waals surface area contributed by atoms with E-state index < -0.39 is 0 Å². The maximum Gasteiger partial charge on any atom is 0.229 e. The van der Waals surface area contributed by atoms with Crippen LogP contribution in [0.25, 0.3) is 0 Å². The van der Waals surface area contributed by atoms with Gasteiger partial charge in [-0.15, -0.1) is 0 Å². The normalized spacial score (nSPS) is 30.4. The minimum absolute atomic E-state index is 0.294. The smallest absolute Gasteiger partial charge is 0.229 e. The molecule has 0 spiro atoms. The summed E-state index contributed by atoms with van der Waals surface area (Å²) in [6.07, 6.45) is 7.24. The first-order valence-corrected chi connectivity index (χ1v) is 8.75. The summed E-state index contributed by atoms with van der Waals surface area (Å²) >= 11 is 0. The Kier molecular flexibility index (Phi) is 4.15. The van der Waals surface area contributed by atoms with Gasteiger partial charge in [0.15, 0.2) is 5.82 Å². The minimum atomic E-state index is 0.294. The molecule has 122 valence electrons. The Bertz CT molecular complexity index is 502. The van der Waals surface area contributed by atoms with Crippen molar-refractivity contribution >= 4 is 0 Å². The van der Waals surface area contributed by atoms with E-state index in [1.807, 2.05) is 0 Å². The SMILES string of the molecule is OC[C@H]1CCCN1C[C@H]1CCCN1Cc1noc(C2CC2)n1. The first kappa shape index (κ1) is 14.6. The molecule has 3 fully saturated rings. The van der Waals surface area contributed by atoms with Crippen LogP contribution in [0.2, 0.25) is 0 Å². The molecule has 0 radical (unpaired) electrons. The van der Waals surface area contributed by atoms with Gasteiger partial charge in [0.05, 0.1) is 13.2 Å². The van der Waals surface area contributed by atoms with Crippen LogP contribution in [-0.4, -0.2) is 63.4 Å². The van der Waals surface area contributed by atoms with E-state index in [9.17, 15) is 5.11 Å². The second kappa shape index (κ2) is 6.26. The molecule has 2 saturated heterocycles. The summed E-state index contributed by atoms with van der Waals surface area (Å²) in [5.74, 6) is 2.21. The average Bonchev–Trinajstić information content (AvgIpc) is 2.94. The molecule has 6 nitrogen and oxygen atoms in total. The van der Waals surface area contributed by atoms with Crippen LogP contribution in [0.15, 0.2) is 4.52 Å². The zero-order chi connectivity index (χ0) is 14.9. The predicted octanol–water partition coefficient (Wildman–Crippen LogP) is 1.37. The van der Waals surface area contributed by atoms with Gasteiger partial charge in [0.25, 0.3) is 0 Å². The van der Waals surface area contributed by atoms with E-state index in [0.29, 0.717) is 24.6 Å². The highest BCUT2D eigenvalue weighted by molar-refractivity contribution is 5.02. The molecule has 6 heteroatoms. The van der Waals surface area contributed by atoms with Crippen LogP contribution in [0.5, 0.6) is 0 Å². The van der Waals surface area contributed by atoms with Crippen LogP contribution in [0, 0.1) is 0 Å². The Morgan fingerprint density at radius 2 is 1.82 bits per heavy atom. The Balaban J connectivity index is 1.35. The first-order chi connectivity index (χ1) is 10.8. The van der Waals surface area contributed by atoms with Crippen molar-refractivity contribution in [2.75, 3.05) is 26.2 Å². The minimum Gasteiger partial charge on any atom is -0.395 e. The Morgan fingerprint density at radius 1 is 1.05 bits per heavy atom. The third-order valence-electron chi connectivity index (χ3n) is 5.41. The lowest BCUT2D eigenvalue weighted by molar-refractivity contribution is 0.118. The zero-order valence-electron chi connectivity index (χ0n) is 13.2. The largest absolute Gasteiger partial charge is 0.395 e. The monoisotopic (exact) mass is 306 g/mol. The second-order valence-electron chi connectivity index (χ2n) is 7.06. The lowest BCUT2D eigenvalue weighted by Crippen LogP contribution is -2.43. The standard InChI is InChI=1S/C16H26N4O2/c21-11-14-4-2-7-19(14)9-13-3-1-8-20(13)10-15-17-16(22-18-15)12-5-6-12/h12-14,21H,1-11H2/t13-,14-/m1/s1. The van der Waals surface area contributed by atoms with Crippen molar-refractivity contribution in [2.24, 2.45) is 0 Å². The quantitative estimate of drug-likeness (QED) is 0.856. The lowest BCUT2D eigenvalue weighted by Gasteiger charge is -2.30. The summed E-state index contributed by atoms with van der Waals surface area (Å²) in [7, 11) is 0. The first-order valence-electron chi connectivity index (χ1n) is 8.75. The molecule has 0 unspecified atom stereocenters. The van der Waals surface area contributed by atoms with Gasteiger partial charge in [0, 0.05) is 24.5 Å². The molecule has 3 aliphatic rings. The van der Waals surface area contributed by atoms with Crippen LogP contribution in [-0.2, 0) is 6.54 Å². The summed E-state index contributed by atoms with van der Waals surface area (Å²) in [6.45, 7) is 4.42. The van der Waals surface area contributed by atoms with Crippen molar-refractivity contribution in [3.63, 3.8) is 0 Å². The number of likely N-dealkylation sites (tertiary alicyclic amines) is 2. The van der Waals surface area contributed by atoms with Crippen molar-refractivity contribution in [3.8, 4) is 0 Å². The fourth-order valence-corrected chi connectivity index (χ4v) is 3.93. The van der Waals surface area contributed by atoms with Crippen LogP contribution < -0.4 is 0 Å². The van der Waals surface area contributed by atoms with Gasteiger partial charge in [0.1, 0.15) is 0 Å². The van der Waals surface area contributed by atoms with E-state index in [1.165, 1.54) is 32.1 Å². The molecule has 3 heterocycles. The van der Waals surface area contributed by atoms with E-state index in [-0.39, 0.29) is 0 Å². The number of aliphatic hydroxyl groups is 1. The molecular weight excluding hydrogens is 280 g/mol. The fraction of sp³-hybridized carbons (Fsp3) is 0.875. The molecule has 0 aromatic carbocycles. The maximum absolute atomic E-state index is 9.48. The molecular formula is C16H26N4O2. The van der Waals surface area contributed by atoms with Gasteiger partial charge in [-0.05, 0) is 51.6 Å². The summed E-state index contributed by atoms with van der Waals surface area (Å²) in [5.41, 5.74) is 0. The number of hydrogen-bond donors (Lipinski definition) is 1. The van der Waals surface area contributed by atoms with Crippen molar-refractivity contribution in [1.29, 1.82) is 0 Å². The van der Waals surface area contributed by atoms with Gasteiger partial charge in [-0.25, -0.2) is 0 Å². The number of nitrogens with zero attached hydrogens (tertiary/aromatic N) is 4. The Morgan fingerprint density at radius 3 is 2.59 bits per heavy atom. The van der Waals surface area contributed by atoms with Crippen LogP contribution in [0.4, 0.5) is 0 Å². The molecule has 0 amide bonds. The molecule has 1 aromatic heterocycles. The molecule has 1 N–H and O–H groups in total. The van der Waals surface area contributed by atoms with Crippen molar-refractivity contribution in [3.05, 3.63) is 11.7 Å². The van der Waals surface area contributed by atoms with Crippen molar-refractivity contribution in [2.45, 2.75) is 63.1 Å². The average molecular weight is 306 g/mol. The Hall–Kier alpha value is -0.980. The highest BCUT2D eigenvalue weighted by Crippen LogP contribution is 2.39. The number of rotatable bonds is 6. The lowest BCUT2D eigenvalue weighted by atomic mass is 10.2. The van der Waals surface area contributed by atoms with Gasteiger partial charge in [-0.3, -0.25) is 9.80 Å². The van der Waals surface area contributed by atoms with Crippen molar-refractivity contribution in [1.82, 2.24) is 19.9 Å². The zero-order valence-corrected chi connectivity index (χ0v) is 13.2. The molecule has 1 aromatic rings. The predicted molar refractivity (Wildman–Crippen MR) is 81.4 cm³/mol. The second-order valence-corrected chi connectivity index (χ2v) is 7.06. The molecule has 1 saturated carbocycles. The topological polar surface area (TPSA) is 65.6 Å². The van der Waals surface area contributed by atoms with Gasteiger partial charge in [-0.2, -0.15) is 4.98 Å². The van der Waals surface area contributed by atoms with Crippen LogP contribution in [0.3, 0.4) is 0 Å². The molecule has 0 bridgehead atoms. The highest BCUT2D eigenvalue weighted by atomic mass is 16.5. The van der Waals surface area contributed by atoms with E-state index in [1.54, 1.807) is 0 Å². The van der Waals surface area contributed by atoms with Gasteiger partial charge in [0.2, 0.25) is 5.89 Å². The number of aromatic nitrogens is 2. The third-order valence-corrected chi connectivity index (χ3v) is 5.41. The molecule has 2 atom stereocenters. The number of aliphatic hydroxyl groups excluding tert-OH is 1. The van der Waals surface area contributed by atoms with Gasteiger partial charge in [-0.1, -0.05) is 5.16 Å². The fourth-order valence-electron chi connectivity index (χ4n) is 3.93. The molecule has 22 heavy (non-hydrogen) atoms. The maximum atomic E-state index is 9.48. The summed E-state index contributed by atoms with van der Waals surface area (Å²) in [6, 6.07) is 0.934. The van der Waals surface area contributed by atoms with Gasteiger partial charge < -0.3 is 9.63 Å². The van der Waals surface area contributed by atoms with E-state index in [0.717, 1.165) is 44.3 Å². The van der Waals surface area contributed by atoms with E-state index in [4.69, 9.17) is 4.52 Å². The summed E-state index contributed by atoms with van der Waals surface area (Å²) in [4.78, 5) is 9.52. The highest BCUT2D eigenvalue weighted by Gasteiger charge is 2.33. The third kappa shape index (κ3) is 3.05. The molecule has 1 aliphatic carbocycles. The van der Waals surface area contributed by atoms with E-state index in [2.05, 4.69) is 19.9 Å². The summed E-state index contributed by atoms with van der Waals surface area (Å²) < 4.78 is 5.37. The van der Waals surface area contributed by atoms with Crippen LogP contribution in [0.1, 0.15) is 56.2 Å². The number of hydrogen-bond acceptors (Lipinski definition) is 6. The van der Waals surface area contributed by atoms with Gasteiger partial charge >= 0.3 is 0 Å². The van der Waals surface area contributed by atoms with Crippen molar-refractivity contribution < 1.29 is 9.63 Å². The van der Waals surface area contributed by atoms with E-state index >= 15 is 0 Å². The molecule has 2 aliphatic heterocycles. The van der Waals surface area contributed by atoms with Crippen LogP contribution >= 0.6 is 0 Å². The summed E-state index contributed by atoms with van der Waals surface area (Å²) in [5, 5.41) is 13.6. The molecule has 4 rings (SSSR count). The Labute approximate surface area is 131 Å².